The molecule has 0 heterocycles. The third kappa shape index (κ3) is 5.45. The van der Waals surface area contributed by atoms with E-state index >= 15 is 0 Å². The molecular weight excluding hydrogens is 368 g/mol. The van der Waals surface area contributed by atoms with Gasteiger partial charge < -0.3 is 15.8 Å². The van der Waals surface area contributed by atoms with Crippen LogP contribution in [-0.2, 0) is 4.79 Å². The van der Waals surface area contributed by atoms with Crippen molar-refractivity contribution in [3.63, 3.8) is 0 Å². The van der Waals surface area contributed by atoms with Crippen LogP contribution in [0.3, 0.4) is 0 Å². The SMILES string of the molecule is CC(CN)(NC(=O)CCCOc1ccccc1Br)C1CC1.Cl. The van der Waals surface area contributed by atoms with Crippen LogP contribution in [0.25, 0.3) is 0 Å². The van der Waals surface area contributed by atoms with E-state index in [-0.39, 0.29) is 23.9 Å². The van der Waals surface area contributed by atoms with Crippen LogP contribution in [0.1, 0.15) is 32.6 Å². The van der Waals surface area contributed by atoms with Crippen LogP contribution in [0.2, 0.25) is 0 Å². The van der Waals surface area contributed by atoms with Crippen LogP contribution >= 0.6 is 28.3 Å². The van der Waals surface area contributed by atoms with Crippen molar-refractivity contribution in [1.82, 2.24) is 5.32 Å². The lowest BCUT2D eigenvalue weighted by Gasteiger charge is -2.29. The van der Waals surface area contributed by atoms with Gasteiger partial charge in [-0.25, -0.2) is 0 Å². The number of para-hydroxylation sites is 1. The Balaban J connectivity index is 0.00000242. The van der Waals surface area contributed by atoms with Gasteiger partial charge in [-0.1, -0.05) is 12.1 Å². The van der Waals surface area contributed by atoms with Gasteiger partial charge in [0.15, 0.2) is 0 Å². The molecule has 0 aromatic heterocycles. The summed E-state index contributed by atoms with van der Waals surface area (Å²) in [5, 5.41) is 3.09. The Bertz CT molecular complexity index is 497. The molecule has 22 heavy (non-hydrogen) atoms. The Morgan fingerprint density at radius 3 is 2.73 bits per heavy atom. The topological polar surface area (TPSA) is 64.3 Å². The predicted molar refractivity (Wildman–Crippen MR) is 94.4 cm³/mol. The van der Waals surface area contributed by atoms with Gasteiger partial charge in [0, 0.05) is 13.0 Å². The minimum absolute atomic E-state index is 0. The maximum Gasteiger partial charge on any atom is 0.220 e. The highest BCUT2D eigenvalue weighted by atomic mass is 79.9. The first-order valence-corrected chi connectivity index (χ1v) is 8.23. The molecule has 3 N–H and O–H groups in total. The van der Waals surface area contributed by atoms with Crippen LogP contribution in [0, 0.1) is 5.92 Å². The van der Waals surface area contributed by atoms with Gasteiger partial charge in [0.2, 0.25) is 5.91 Å². The summed E-state index contributed by atoms with van der Waals surface area (Å²) >= 11 is 3.43. The van der Waals surface area contributed by atoms with Crippen molar-refractivity contribution in [3.05, 3.63) is 28.7 Å². The lowest BCUT2D eigenvalue weighted by atomic mass is 9.95. The molecule has 0 spiro atoms. The number of carbonyl (C=O) groups excluding carboxylic acids is 1. The molecule has 2 rings (SSSR count). The summed E-state index contributed by atoms with van der Waals surface area (Å²) in [5.41, 5.74) is 5.56. The van der Waals surface area contributed by atoms with Crippen molar-refractivity contribution in [2.24, 2.45) is 11.7 Å². The Kier molecular flexibility index (Phi) is 7.66. The summed E-state index contributed by atoms with van der Waals surface area (Å²) in [4.78, 5) is 12.0. The average Bonchev–Trinajstić information content (AvgIpc) is 3.30. The summed E-state index contributed by atoms with van der Waals surface area (Å²) in [6, 6.07) is 7.71. The molecule has 124 valence electrons. The highest BCUT2D eigenvalue weighted by Gasteiger charge is 2.41. The van der Waals surface area contributed by atoms with Crippen LogP contribution in [-0.4, -0.2) is 24.6 Å². The van der Waals surface area contributed by atoms with E-state index in [9.17, 15) is 4.79 Å². The number of hydrogen-bond acceptors (Lipinski definition) is 3. The zero-order valence-corrected chi connectivity index (χ0v) is 15.2. The molecule has 1 atom stereocenters. The summed E-state index contributed by atoms with van der Waals surface area (Å²) in [7, 11) is 0. The molecule has 1 unspecified atom stereocenters. The van der Waals surface area contributed by atoms with Gasteiger partial charge in [-0.2, -0.15) is 0 Å². The van der Waals surface area contributed by atoms with Crippen molar-refractivity contribution in [1.29, 1.82) is 0 Å². The molecule has 0 saturated heterocycles. The second kappa shape index (κ2) is 8.75. The van der Waals surface area contributed by atoms with Crippen LogP contribution in [0.15, 0.2) is 28.7 Å². The van der Waals surface area contributed by atoms with Crippen molar-refractivity contribution in [2.45, 2.75) is 38.1 Å². The fourth-order valence-corrected chi connectivity index (χ4v) is 2.80. The summed E-state index contributed by atoms with van der Waals surface area (Å²) in [5.74, 6) is 1.41. The second-order valence-corrected chi connectivity index (χ2v) is 6.68. The van der Waals surface area contributed by atoms with E-state index < -0.39 is 0 Å². The highest BCUT2D eigenvalue weighted by Crippen LogP contribution is 2.39. The van der Waals surface area contributed by atoms with Gasteiger partial charge in [0.1, 0.15) is 5.75 Å². The van der Waals surface area contributed by atoms with Crippen molar-refractivity contribution >= 4 is 34.2 Å². The van der Waals surface area contributed by atoms with E-state index in [1.165, 1.54) is 12.8 Å². The number of hydrogen-bond donors (Lipinski definition) is 2. The number of rotatable bonds is 8. The molecule has 0 bridgehead atoms. The molecule has 0 aliphatic heterocycles. The first-order valence-electron chi connectivity index (χ1n) is 7.43. The van der Waals surface area contributed by atoms with Gasteiger partial charge >= 0.3 is 0 Å². The minimum Gasteiger partial charge on any atom is -0.492 e. The Hall–Kier alpha value is -0.780. The molecule has 6 heteroatoms. The number of carbonyl (C=O) groups is 1. The Labute approximate surface area is 146 Å². The quantitative estimate of drug-likeness (QED) is 0.668. The molecule has 1 saturated carbocycles. The number of amides is 1. The minimum atomic E-state index is -0.236. The molecule has 1 aliphatic rings. The number of nitrogens with one attached hydrogen (secondary N) is 1. The largest absolute Gasteiger partial charge is 0.492 e. The van der Waals surface area contributed by atoms with E-state index in [0.717, 1.165) is 10.2 Å². The van der Waals surface area contributed by atoms with Gasteiger partial charge in [-0.15, -0.1) is 12.4 Å². The fraction of sp³-hybridized carbons (Fsp3) is 0.562. The number of benzene rings is 1. The number of ether oxygens (including phenoxy) is 1. The lowest BCUT2D eigenvalue weighted by Crippen LogP contribution is -2.53. The molecule has 1 aliphatic carbocycles. The standard InChI is InChI=1S/C16H23BrN2O2.ClH/c1-16(11-18,12-8-9-12)19-15(20)7-4-10-21-14-6-3-2-5-13(14)17;/h2-3,5-6,12H,4,7-11,18H2,1H3,(H,19,20);1H. The van der Waals surface area contributed by atoms with Crippen LogP contribution < -0.4 is 15.8 Å². The molecular formula is C16H24BrClN2O2. The maximum absolute atomic E-state index is 12.0. The average molecular weight is 392 g/mol. The molecule has 1 fully saturated rings. The second-order valence-electron chi connectivity index (χ2n) is 5.83. The fourth-order valence-electron chi connectivity index (χ4n) is 2.40. The highest BCUT2D eigenvalue weighted by molar-refractivity contribution is 9.10. The number of halogens is 2. The first kappa shape index (κ1) is 19.3. The van der Waals surface area contributed by atoms with Crippen molar-refractivity contribution < 1.29 is 9.53 Å². The zero-order chi connectivity index (χ0) is 15.3. The van der Waals surface area contributed by atoms with E-state index in [4.69, 9.17) is 10.5 Å². The van der Waals surface area contributed by atoms with Gasteiger partial charge in [0.25, 0.3) is 0 Å². The zero-order valence-electron chi connectivity index (χ0n) is 12.8. The van der Waals surface area contributed by atoms with E-state index in [1.54, 1.807) is 0 Å². The third-order valence-corrected chi connectivity index (χ3v) is 4.62. The first-order chi connectivity index (χ1) is 10.0. The van der Waals surface area contributed by atoms with E-state index in [0.29, 0.717) is 31.9 Å². The smallest absolute Gasteiger partial charge is 0.220 e. The monoisotopic (exact) mass is 390 g/mol. The summed E-state index contributed by atoms with van der Waals surface area (Å²) < 4.78 is 6.58. The van der Waals surface area contributed by atoms with E-state index in [1.807, 2.05) is 31.2 Å². The summed E-state index contributed by atoms with van der Waals surface area (Å²) in [6.45, 7) is 3.07. The molecule has 0 radical (unpaired) electrons. The predicted octanol–water partition coefficient (Wildman–Crippen LogP) is 3.27. The molecule has 4 nitrogen and oxygen atoms in total. The normalized spacial score (nSPS) is 16.3. The van der Waals surface area contributed by atoms with Gasteiger partial charge in [-0.3, -0.25) is 4.79 Å². The number of nitrogens with two attached hydrogens (primary N) is 1. The maximum atomic E-state index is 12.0. The van der Waals surface area contributed by atoms with Crippen LogP contribution in [0.4, 0.5) is 0 Å². The Morgan fingerprint density at radius 2 is 2.14 bits per heavy atom. The van der Waals surface area contributed by atoms with Crippen LogP contribution in [0.5, 0.6) is 5.75 Å². The third-order valence-electron chi connectivity index (χ3n) is 3.97. The van der Waals surface area contributed by atoms with Crippen molar-refractivity contribution in [2.75, 3.05) is 13.2 Å². The van der Waals surface area contributed by atoms with Crippen molar-refractivity contribution in [3.8, 4) is 5.75 Å². The molecule has 1 amide bonds. The summed E-state index contributed by atoms with van der Waals surface area (Å²) in [6.07, 6.45) is 3.49. The Morgan fingerprint density at radius 1 is 1.45 bits per heavy atom. The van der Waals surface area contributed by atoms with Gasteiger partial charge in [0.05, 0.1) is 16.6 Å². The van der Waals surface area contributed by atoms with E-state index in [2.05, 4.69) is 21.2 Å². The lowest BCUT2D eigenvalue weighted by molar-refractivity contribution is -0.123. The van der Waals surface area contributed by atoms with Gasteiger partial charge in [-0.05, 0) is 60.2 Å². The molecule has 1 aromatic carbocycles. The molecule has 1 aromatic rings.